The lowest BCUT2D eigenvalue weighted by atomic mass is 9.90. The number of hydrogen-bond acceptors (Lipinski definition) is 7. The standard InChI is InChI=1S/C50H51N5O8/c1-32(56)52-44-31-51-46(58)39-24-19-35(20-25-39)27-40(50(62)63)30-45(57)42(28-34-13-7-3-8-14-34)54-48(60)43(29-36-17-22-38(23-18-36)37-15-9-4-10-16-37)55-47(59)41(53-49(44)61)26-21-33-11-5-2-6-12-33/h2-20,22-25,40-44H,21,26-31H2,1H3,(H,51,58)(H,52,56)(H,53,61)(H,54,60)(H,55,59)(H,62,63)/t40-,41-,42-,43+,44+/m1/s1. The van der Waals surface area contributed by atoms with Crippen LogP contribution in [0, 0.1) is 5.92 Å². The third-order valence-electron chi connectivity index (χ3n) is 11.0. The van der Waals surface area contributed by atoms with E-state index >= 15 is 0 Å². The maximum absolute atomic E-state index is 14.6. The summed E-state index contributed by atoms with van der Waals surface area (Å²) in [6.07, 6.45) is 0.0414. The van der Waals surface area contributed by atoms with Crippen LogP contribution in [0.15, 0.2) is 140 Å². The first-order valence-corrected chi connectivity index (χ1v) is 20.9. The van der Waals surface area contributed by atoms with Crippen LogP contribution in [0.4, 0.5) is 0 Å². The molecule has 0 unspecified atom stereocenters. The number of amides is 5. The summed E-state index contributed by atoms with van der Waals surface area (Å²) in [5.41, 5.74) is 4.98. The average molecular weight is 850 g/mol. The molecule has 5 aromatic carbocycles. The zero-order chi connectivity index (χ0) is 44.7. The van der Waals surface area contributed by atoms with Crippen LogP contribution < -0.4 is 26.6 Å². The molecule has 2 aliphatic heterocycles. The minimum absolute atomic E-state index is 0.00757. The van der Waals surface area contributed by atoms with Crippen molar-refractivity contribution in [3.63, 3.8) is 0 Å². The smallest absolute Gasteiger partial charge is 0.307 e. The summed E-state index contributed by atoms with van der Waals surface area (Å²) in [6.45, 7) is 0.901. The van der Waals surface area contributed by atoms with Gasteiger partial charge in [-0.25, -0.2) is 0 Å². The van der Waals surface area contributed by atoms with E-state index in [2.05, 4.69) is 26.6 Å². The summed E-state index contributed by atoms with van der Waals surface area (Å²) in [5.74, 6) is -6.14. The Kier molecular flexibility index (Phi) is 15.7. The fourth-order valence-corrected chi connectivity index (χ4v) is 7.51. The Morgan fingerprint density at radius 2 is 1.08 bits per heavy atom. The third-order valence-corrected chi connectivity index (χ3v) is 11.0. The highest BCUT2D eigenvalue weighted by Gasteiger charge is 2.33. The molecule has 7 rings (SSSR count). The van der Waals surface area contributed by atoms with Crippen LogP contribution in [0.1, 0.15) is 52.4 Å². The van der Waals surface area contributed by atoms with Gasteiger partial charge in [-0.05, 0) is 71.2 Å². The van der Waals surface area contributed by atoms with Crippen molar-refractivity contribution >= 4 is 41.3 Å². The van der Waals surface area contributed by atoms with Crippen molar-refractivity contribution in [3.8, 4) is 11.1 Å². The molecule has 63 heavy (non-hydrogen) atoms. The van der Waals surface area contributed by atoms with Crippen molar-refractivity contribution in [2.75, 3.05) is 6.54 Å². The average Bonchev–Trinajstić information content (AvgIpc) is 3.29. The van der Waals surface area contributed by atoms with Crippen LogP contribution in [0.5, 0.6) is 0 Å². The SMILES string of the molecule is CC(=O)N[C@H]1CNC(=O)c2ccc(cc2)C[C@@H](C(=O)O)CC(=O)[C@@H](Cc2ccccc2)NC(=O)[C@H](Cc2ccc(-c3ccccc3)cc2)NC(=O)[C@@H](CCc2ccccc2)NC1=O. The second kappa shape index (κ2) is 21.9. The monoisotopic (exact) mass is 849 g/mol. The maximum atomic E-state index is 14.6. The lowest BCUT2D eigenvalue weighted by Crippen LogP contribution is -2.59. The summed E-state index contributed by atoms with van der Waals surface area (Å²) in [6, 6.07) is 36.8. The Bertz CT molecular complexity index is 2380. The summed E-state index contributed by atoms with van der Waals surface area (Å²) in [7, 11) is 0. The summed E-state index contributed by atoms with van der Waals surface area (Å²) in [5, 5.41) is 24.0. The van der Waals surface area contributed by atoms with Crippen molar-refractivity contribution in [2.24, 2.45) is 5.92 Å². The van der Waals surface area contributed by atoms with Crippen LogP contribution in [-0.2, 0) is 54.5 Å². The van der Waals surface area contributed by atoms with Crippen LogP contribution in [-0.4, -0.2) is 77.1 Å². The molecule has 0 saturated carbocycles. The lowest BCUT2D eigenvalue weighted by Gasteiger charge is -2.27. The topological polar surface area (TPSA) is 200 Å². The molecule has 0 aliphatic carbocycles. The fraction of sp³-hybridized carbons (Fsp3) is 0.260. The number of hydrogen-bond donors (Lipinski definition) is 6. The predicted molar refractivity (Wildman–Crippen MR) is 237 cm³/mol. The number of ketones is 1. The number of carboxylic acid groups (broad SMARTS) is 1. The van der Waals surface area contributed by atoms with Gasteiger partial charge in [0.05, 0.1) is 12.0 Å². The van der Waals surface area contributed by atoms with Gasteiger partial charge in [-0.1, -0.05) is 127 Å². The second-order valence-electron chi connectivity index (χ2n) is 15.7. The van der Waals surface area contributed by atoms with Gasteiger partial charge in [0.15, 0.2) is 5.78 Å². The summed E-state index contributed by atoms with van der Waals surface area (Å²) in [4.78, 5) is 95.4. The minimum atomic E-state index is -1.28. The van der Waals surface area contributed by atoms with E-state index in [1.807, 2.05) is 91.0 Å². The molecule has 0 spiro atoms. The number of carbonyl (C=O) groups excluding carboxylic acids is 6. The van der Waals surface area contributed by atoms with Gasteiger partial charge >= 0.3 is 5.97 Å². The largest absolute Gasteiger partial charge is 0.481 e. The molecule has 13 heteroatoms. The van der Waals surface area contributed by atoms with E-state index in [1.54, 1.807) is 36.4 Å². The summed E-state index contributed by atoms with van der Waals surface area (Å²) >= 11 is 0. The number of carboxylic acids is 1. The van der Waals surface area contributed by atoms with E-state index in [1.165, 1.54) is 19.1 Å². The lowest BCUT2D eigenvalue weighted by molar-refractivity contribution is -0.144. The molecular weight excluding hydrogens is 799 g/mol. The van der Waals surface area contributed by atoms with Gasteiger partial charge in [0.25, 0.3) is 5.91 Å². The second-order valence-corrected chi connectivity index (χ2v) is 15.7. The Morgan fingerprint density at radius 3 is 1.70 bits per heavy atom. The highest BCUT2D eigenvalue weighted by atomic mass is 16.4. The number of nitrogens with one attached hydrogen (secondary N) is 5. The fourth-order valence-electron chi connectivity index (χ4n) is 7.51. The van der Waals surface area contributed by atoms with Gasteiger partial charge in [-0.2, -0.15) is 0 Å². The normalized spacial score (nSPS) is 20.3. The van der Waals surface area contributed by atoms with Crippen molar-refractivity contribution in [1.82, 2.24) is 26.6 Å². The van der Waals surface area contributed by atoms with Gasteiger partial charge in [-0.3, -0.25) is 33.6 Å². The zero-order valence-electron chi connectivity index (χ0n) is 34.9. The third kappa shape index (κ3) is 13.3. The first-order valence-electron chi connectivity index (χ1n) is 20.9. The Hall–Kier alpha value is -7.41. The number of rotatable bonds is 10. The van der Waals surface area contributed by atoms with E-state index in [9.17, 15) is 38.7 Å². The maximum Gasteiger partial charge on any atom is 0.307 e. The molecule has 0 aromatic heterocycles. The van der Waals surface area contributed by atoms with Crippen LogP contribution in [0.2, 0.25) is 0 Å². The van der Waals surface area contributed by atoms with Crippen LogP contribution in [0.25, 0.3) is 11.1 Å². The number of Topliss-reactive ketones (excluding diaryl/α,β-unsaturated/α-hetero) is 1. The number of aryl methyl sites for hydroxylation is 1. The molecule has 0 saturated heterocycles. The highest BCUT2D eigenvalue weighted by molar-refractivity contribution is 5.98. The van der Waals surface area contributed by atoms with E-state index in [0.29, 0.717) is 17.5 Å². The van der Waals surface area contributed by atoms with Gasteiger partial charge in [0, 0.05) is 31.9 Å². The first-order chi connectivity index (χ1) is 30.4. The van der Waals surface area contributed by atoms with Crippen molar-refractivity contribution < 1.29 is 38.7 Å². The molecule has 2 heterocycles. The molecule has 5 amide bonds. The van der Waals surface area contributed by atoms with Crippen molar-refractivity contribution in [1.29, 1.82) is 0 Å². The van der Waals surface area contributed by atoms with E-state index in [-0.39, 0.29) is 37.8 Å². The molecule has 2 aliphatic rings. The molecule has 324 valence electrons. The Labute approximate surface area is 366 Å². The zero-order valence-corrected chi connectivity index (χ0v) is 34.9. The number of benzene rings is 5. The molecule has 5 aromatic rings. The van der Waals surface area contributed by atoms with Crippen molar-refractivity contribution in [2.45, 2.75) is 69.6 Å². The molecule has 0 radical (unpaired) electrons. The van der Waals surface area contributed by atoms with Crippen LogP contribution in [0.3, 0.4) is 0 Å². The predicted octanol–water partition coefficient (Wildman–Crippen LogP) is 4.38. The Morgan fingerprint density at radius 1 is 0.571 bits per heavy atom. The molecular formula is C50H51N5O8. The molecule has 6 N–H and O–H groups in total. The van der Waals surface area contributed by atoms with E-state index in [4.69, 9.17) is 0 Å². The number of aliphatic carboxylic acids is 1. The Balaban J connectivity index is 1.38. The first kappa shape index (κ1) is 45.1. The number of carbonyl (C=O) groups is 7. The summed E-state index contributed by atoms with van der Waals surface area (Å²) < 4.78 is 0. The number of fused-ring (bicyclic) bond motifs is 18. The van der Waals surface area contributed by atoms with Gasteiger partial charge < -0.3 is 31.7 Å². The van der Waals surface area contributed by atoms with Gasteiger partial charge in [-0.15, -0.1) is 0 Å². The molecule has 0 fully saturated rings. The molecule has 5 atom stereocenters. The van der Waals surface area contributed by atoms with E-state index in [0.717, 1.165) is 22.3 Å². The van der Waals surface area contributed by atoms with E-state index < -0.39 is 77.8 Å². The van der Waals surface area contributed by atoms with Gasteiger partial charge in [0.1, 0.15) is 18.1 Å². The highest BCUT2D eigenvalue weighted by Crippen LogP contribution is 2.21. The molecule has 2 bridgehead atoms. The van der Waals surface area contributed by atoms with Gasteiger partial charge in [0.2, 0.25) is 23.6 Å². The van der Waals surface area contributed by atoms with Crippen LogP contribution >= 0.6 is 0 Å². The molecule has 13 nitrogen and oxygen atoms in total. The van der Waals surface area contributed by atoms with Crippen molar-refractivity contribution in [3.05, 3.63) is 167 Å². The minimum Gasteiger partial charge on any atom is -0.481 e. The quantitative estimate of drug-likeness (QED) is 0.111.